The Morgan fingerprint density at radius 1 is 1.00 bits per heavy atom. The minimum atomic E-state index is -0.724. The molecule has 0 aromatic heterocycles. The van der Waals surface area contributed by atoms with Gasteiger partial charge < -0.3 is 19.7 Å². The quantitative estimate of drug-likeness (QED) is 0.752. The molecule has 7 nitrogen and oxygen atoms in total. The van der Waals surface area contributed by atoms with Gasteiger partial charge in [-0.05, 0) is 42.7 Å². The fourth-order valence-electron chi connectivity index (χ4n) is 3.44. The van der Waals surface area contributed by atoms with E-state index in [9.17, 15) is 23.2 Å². The van der Waals surface area contributed by atoms with Crippen LogP contribution in [0.15, 0.2) is 30.3 Å². The van der Waals surface area contributed by atoms with Crippen molar-refractivity contribution in [2.45, 2.75) is 12.8 Å². The van der Waals surface area contributed by atoms with Crippen molar-refractivity contribution in [2.24, 2.45) is 0 Å². The van der Waals surface area contributed by atoms with E-state index in [1.807, 2.05) is 0 Å². The van der Waals surface area contributed by atoms with E-state index in [0.717, 1.165) is 6.07 Å². The van der Waals surface area contributed by atoms with Crippen molar-refractivity contribution in [1.82, 2.24) is 0 Å². The molecule has 1 aliphatic heterocycles. The third kappa shape index (κ3) is 4.56. The lowest BCUT2D eigenvalue weighted by atomic mass is 10.0. The predicted molar refractivity (Wildman–Crippen MR) is 105 cm³/mol. The Morgan fingerprint density at radius 2 is 1.63 bits per heavy atom. The van der Waals surface area contributed by atoms with Gasteiger partial charge in [-0.2, -0.15) is 0 Å². The van der Waals surface area contributed by atoms with Crippen molar-refractivity contribution < 1.29 is 32.6 Å². The number of ether oxygens (including phenoxy) is 2. The molecular formula is C21H20F2N2O5. The number of aryl methyl sites for hydroxylation is 1. The zero-order chi connectivity index (χ0) is 21.8. The van der Waals surface area contributed by atoms with Crippen LogP contribution in [-0.2, 0) is 20.7 Å². The zero-order valence-electron chi connectivity index (χ0n) is 16.5. The van der Waals surface area contributed by atoms with Crippen molar-refractivity contribution >= 4 is 29.2 Å². The number of esters is 2. The molecule has 158 valence electrons. The van der Waals surface area contributed by atoms with E-state index >= 15 is 0 Å². The number of halogens is 2. The third-order valence-electron chi connectivity index (χ3n) is 4.69. The van der Waals surface area contributed by atoms with Crippen molar-refractivity contribution in [3.63, 3.8) is 0 Å². The second-order valence-corrected chi connectivity index (χ2v) is 6.75. The predicted octanol–water partition coefficient (Wildman–Crippen LogP) is 2.93. The molecule has 0 saturated carbocycles. The summed E-state index contributed by atoms with van der Waals surface area (Å²) >= 11 is 0. The first-order valence-electron chi connectivity index (χ1n) is 9.17. The lowest BCUT2D eigenvalue weighted by Crippen LogP contribution is -2.37. The number of hydrogen-bond donors (Lipinski definition) is 1. The average molecular weight is 418 g/mol. The van der Waals surface area contributed by atoms with Gasteiger partial charge in [-0.1, -0.05) is 0 Å². The number of methoxy groups -OCH3 is 2. The summed E-state index contributed by atoms with van der Waals surface area (Å²) in [5.41, 5.74) is 1.00. The normalized spacial score (nSPS) is 12.7. The molecule has 0 bridgehead atoms. The summed E-state index contributed by atoms with van der Waals surface area (Å²) in [6.45, 7) is 0.240. The number of nitrogens with zero attached hydrogens (tertiary/aromatic N) is 1. The average Bonchev–Trinajstić information content (AvgIpc) is 2.71. The standard InChI is InChI=1S/C21H20F2N2O5/c1-29-20(27)13-6-14(21(28)30-2)9-16(8-13)24-18(26)11-25-5-3-4-12-7-15(22)10-17(23)19(12)25/h6-10H,3-5,11H2,1-2H3,(H,24,26). The summed E-state index contributed by atoms with van der Waals surface area (Å²) in [5, 5.41) is 2.60. The maximum atomic E-state index is 14.3. The number of carbonyl (C=O) groups excluding carboxylic acids is 3. The summed E-state index contributed by atoms with van der Waals surface area (Å²) < 4.78 is 37.1. The molecule has 1 N–H and O–H groups in total. The van der Waals surface area contributed by atoms with Gasteiger partial charge in [-0.3, -0.25) is 4.79 Å². The van der Waals surface area contributed by atoms with Gasteiger partial charge in [-0.25, -0.2) is 18.4 Å². The van der Waals surface area contributed by atoms with Gasteiger partial charge in [0.25, 0.3) is 0 Å². The van der Waals surface area contributed by atoms with Gasteiger partial charge in [0.2, 0.25) is 5.91 Å². The highest BCUT2D eigenvalue weighted by atomic mass is 19.1. The van der Waals surface area contributed by atoms with Crippen LogP contribution in [0.4, 0.5) is 20.2 Å². The summed E-state index contributed by atoms with van der Waals surface area (Å²) in [7, 11) is 2.38. The molecule has 2 aromatic rings. The van der Waals surface area contributed by atoms with Crippen LogP contribution in [-0.4, -0.2) is 45.2 Å². The van der Waals surface area contributed by atoms with Crippen molar-refractivity contribution in [1.29, 1.82) is 0 Å². The Bertz CT molecular complexity index is 975. The van der Waals surface area contributed by atoms with Crippen LogP contribution in [0.3, 0.4) is 0 Å². The van der Waals surface area contributed by atoms with Gasteiger partial charge >= 0.3 is 11.9 Å². The Labute approximate surface area is 171 Å². The second-order valence-electron chi connectivity index (χ2n) is 6.75. The highest BCUT2D eigenvalue weighted by Crippen LogP contribution is 2.31. The molecule has 9 heteroatoms. The van der Waals surface area contributed by atoms with Gasteiger partial charge in [0.05, 0.1) is 37.6 Å². The van der Waals surface area contributed by atoms with Crippen LogP contribution in [0.1, 0.15) is 32.7 Å². The number of nitrogens with one attached hydrogen (secondary N) is 1. The zero-order valence-corrected chi connectivity index (χ0v) is 16.5. The van der Waals surface area contributed by atoms with E-state index in [2.05, 4.69) is 14.8 Å². The molecule has 0 unspecified atom stereocenters. The van der Waals surface area contributed by atoms with Crippen LogP contribution in [0.25, 0.3) is 0 Å². The first-order valence-corrected chi connectivity index (χ1v) is 9.17. The molecule has 1 heterocycles. The second kappa shape index (κ2) is 8.89. The molecule has 0 aliphatic carbocycles. The van der Waals surface area contributed by atoms with E-state index in [1.54, 1.807) is 0 Å². The Balaban J connectivity index is 1.82. The number of carbonyl (C=O) groups is 3. The van der Waals surface area contributed by atoms with Crippen LogP contribution in [0, 0.1) is 11.6 Å². The smallest absolute Gasteiger partial charge is 0.337 e. The molecule has 30 heavy (non-hydrogen) atoms. The summed E-state index contributed by atoms with van der Waals surface area (Å²) in [6, 6.07) is 6.06. The summed E-state index contributed by atoms with van der Waals surface area (Å²) in [6.07, 6.45) is 1.17. The number of amides is 1. The molecule has 2 aromatic carbocycles. The molecule has 1 aliphatic rings. The SMILES string of the molecule is COC(=O)c1cc(NC(=O)CN2CCCc3cc(F)cc(F)c32)cc(C(=O)OC)c1. The minimum Gasteiger partial charge on any atom is -0.465 e. The Hall–Kier alpha value is -3.49. The molecule has 0 saturated heterocycles. The lowest BCUT2D eigenvalue weighted by molar-refractivity contribution is -0.115. The number of hydrogen-bond acceptors (Lipinski definition) is 6. The van der Waals surface area contributed by atoms with E-state index in [-0.39, 0.29) is 29.0 Å². The number of rotatable bonds is 5. The summed E-state index contributed by atoms with van der Waals surface area (Å²) in [4.78, 5) is 37.9. The first-order chi connectivity index (χ1) is 14.3. The van der Waals surface area contributed by atoms with Crippen LogP contribution in [0.5, 0.6) is 0 Å². The third-order valence-corrected chi connectivity index (χ3v) is 4.69. The van der Waals surface area contributed by atoms with E-state index in [4.69, 9.17) is 0 Å². The molecule has 1 amide bonds. The fraction of sp³-hybridized carbons (Fsp3) is 0.286. The van der Waals surface area contributed by atoms with Gasteiger partial charge in [0.15, 0.2) is 0 Å². The molecule has 3 rings (SSSR count). The van der Waals surface area contributed by atoms with Crippen molar-refractivity contribution in [2.75, 3.05) is 37.5 Å². The molecule has 0 fully saturated rings. The van der Waals surface area contributed by atoms with Gasteiger partial charge in [0.1, 0.15) is 11.6 Å². The molecule has 0 spiro atoms. The largest absolute Gasteiger partial charge is 0.465 e. The molecule has 0 atom stereocenters. The van der Waals surface area contributed by atoms with Gasteiger partial charge in [-0.15, -0.1) is 0 Å². The molecule has 0 radical (unpaired) electrons. The first kappa shape index (κ1) is 21.2. The van der Waals surface area contributed by atoms with E-state index < -0.39 is 29.5 Å². The molecular weight excluding hydrogens is 398 g/mol. The number of anilines is 2. The van der Waals surface area contributed by atoms with Crippen LogP contribution >= 0.6 is 0 Å². The minimum absolute atomic E-state index is 0.0561. The summed E-state index contributed by atoms with van der Waals surface area (Å²) in [5.74, 6) is -3.26. The highest BCUT2D eigenvalue weighted by molar-refractivity contribution is 6.00. The van der Waals surface area contributed by atoms with E-state index in [1.165, 1.54) is 43.4 Å². The van der Waals surface area contributed by atoms with Gasteiger partial charge in [0, 0.05) is 18.3 Å². The Morgan fingerprint density at radius 3 is 2.23 bits per heavy atom. The topological polar surface area (TPSA) is 84.9 Å². The number of benzene rings is 2. The monoisotopic (exact) mass is 418 g/mol. The van der Waals surface area contributed by atoms with Crippen LogP contribution < -0.4 is 10.2 Å². The van der Waals surface area contributed by atoms with Crippen LogP contribution in [0.2, 0.25) is 0 Å². The highest BCUT2D eigenvalue weighted by Gasteiger charge is 2.24. The maximum Gasteiger partial charge on any atom is 0.337 e. The maximum absolute atomic E-state index is 14.3. The van der Waals surface area contributed by atoms with Crippen molar-refractivity contribution in [3.8, 4) is 0 Å². The fourth-order valence-corrected chi connectivity index (χ4v) is 3.44. The van der Waals surface area contributed by atoms with Crippen molar-refractivity contribution in [3.05, 3.63) is 58.7 Å². The Kier molecular flexibility index (Phi) is 6.29. The number of fused-ring (bicyclic) bond motifs is 1. The van der Waals surface area contributed by atoms with E-state index in [0.29, 0.717) is 24.9 Å². The lowest BCUT2D eigenvalue weighted by Gasteiger charge is -2.31.